The molecule has 0 saturated carbocycles. The zero-order valence-electron chi connectivity index (χ0n) is 14.8. The second kappa shape index (κ2) is 7.52. The summed E-state index contributed by atoms with van der Waals surface area (Å²) in [5.74, 6) is -1.26. The maximum absolute atomic E-state index is 12.9. The summed E-state index contributed by atoms with van der Waals surface area (Å²) in [5.41, 5.74) is 1.91. The van der Waals surface area contributed by atoms with Crippen LogP contribution in [0.25, 0.3) is 0 Å². The van der Waals surface area contributed by atoms with E-state index in [0.29, 0.717) is 17.9 Å². The van der Waals surface area contributed by atoms with Gasteiger partial charge in [0.25, 0.3) is 0 Å². The summed E-state index contributed by atoms with van der Waals surface area (Å²) in [6.45, 7) is 4.00. The molecule has 0 radical (unpaired) electrons. The fraction of sp³-hybridized carbons (Fsp3) is 0.286. The third-order valence-corrected chi connectivity index (χ3v) is 4.75. The molecule has 5 heteroatoms. The Kier molecular flexibility index (Phi) is 5.16. The standard InChI is InChI=1S/C21H21NO4/c1-3-26-21(25)16-9-11-17(12-10-16)22-19(23)13-18(20(22)24)14(2)15-7-5-4-6-8-15/h4-12,14,18H,3,13H2,1-2H3/t14-,18-/m0/s1. The number of imide groups is 1. The summed E-state index contributed by atoms with van der Waals surface area (Å²) >= 11 is 0. The Labute approximate surface area is 152 Å². The van der Waals surface area contributed by atoms with E-state index in [1.54, 1.807) is 31.2 Å². The SMILES string of the molecule is CCOC(=O)c1ccc(N2C(=O)C[C@@H]([C@@H](C)c3ccccc3)C2=O)cc1. The molecular weight excluding hydrogens is 330 g/mol. The average molecular weight is 351 g/mol. The van der Waals surface area contributed by atoms with Gasteiger partial charge in [-0.25, -0.2) is 4.79 Å². The van der Waals surface area contributed by atoms with Crippen molar-refractivity contribution in [3.05, 3.63) is 65.7 Å². The minimum absolute atomic E-state index is 0.0449. The third kappa shape index (κ3) is 3.38. The van der Waals surface area contributed by atoms with Gasteiger partial charge in [-0.05, 0) is 42.7 Å². The molecule has 26 heavy (non-hydrogen) atoms. The van der Waals surface area contributed by atoms with E-state index in [1.165, 1.54) is 4.90 Å². The molecule has 1 aliphatic rings. The molecular formula is C21H21NO4. The van der Waals surface area contributed by atoms with Crippen LogP contribution < -0.4 is 4.90 Å². The van der Waals surface area contributed by atoms with Gasteiger partial charge < -0.3 is 4.74 Å². The lowest BCUT2D eigenvalue weighted by atomic mass is 9.86. The van der Waals surface area contributed by atoms with Gasteiger partial charge in [-0.15, -0.1) is 0 Å². The minimum atomic E-state index is -0.422. The van der Waals surface area contributed by atoms with E-state index in [-0.39, 0.29) is 30.1 Å². The van der Waals surface area contributed by atoms with E-state index in [1.807, 2.05) is 37.3 Å². The van der Waals surface area contributed by atoms with Crippen LogP contribution in [0.5, 0.6) is 0 Å². The van der Waals surface area contributed by atoms with Crippen LogP contribution in [0.15, 0.2) is 54.6 Å². The lowest BCUT2D eigenvalue weighted by Crippen LogP contribution is -2.31. The van der Waals surface area contributed by atoms with E-state index in [9.17, 15) is 14.4 Å². The van der Waals surface area contributed by atoms with Gasteiger partial charge >= 0.3 is 5.97 Å². The highest BCUT2D eigenvalue weighted by atomic mass is 16.5. The van der Waals surface area contributed by atoms with E-state index in [4.69, 9.17) is 4.74 Å². The van der Waals surface area contributed by atoms with Crippen molar-refractivity contribution in [1.29, 1.82) is 0 Å². The van der Waals surface area contributed by atoms with Crippen LogP contribution in [-0.4, -0.2) is 24.4 Å². The molecule has 0 unspecified atom stereocenters. The molecule has 3 rings (SSSR count). The Hall–Kier alpha value is -2.95. The van der Waals surface area contributed by atoms with Gasteiger partial charge in [-0.1, -0.05) is 37.3 Å². The number of esters is 1. The second-order valence-corrected chi connectivity index (χ2v) is 6.34. The van der Waals surface area contributed by atoms with Crippen molar-refractivity contribution in [2.24, 2.45) is 5.92 Å². The van der Waals surface area contributed by atoms with Crippen molar-refractivity contribution in [3.8, 4) is 0 Å². The minimum Gasteiger partial charge on any atom is -0.462 e. The van der Waals surface area contributed by atoms with Crippen LogP contribution >= 0.6 is 0 Å². The Bertz CT molecular complexity index is 814. The highest BCUT2D eigenvalue weighted by Crippen LogP contribution is 2.35. The molecule has 0 bridgehead atoms. The third-order valence-electron chi connectivity index (χ3n) is 4.75. The van der Waals surface area contributed by atoms with Crippen molar-refractivity contribution in [3.63, 3.8) is 0 Å². The van der Waals surface area contributed by atoms with E-state index in [2.05, 4.69) is 0 Å². The Morgan fingerprint density at radius 1 is 1.12 bits per heavy atom. The van der Waals surface area contributed by atoms with Crippen LogP contribution in [0.4, 0.5) is 5.69 Å². The van der Waals surface area contributed by atoms with Gasteiger partial charge in [-0.2, -0.15) is 0 Å². The molecule has 5 nitrogen and oxygen atoms in total. The molecule has 2 amide bonds. The first-order chi connectivity index (χ1) is 12.5. The first-order valence-electron chi connectivity index (χ1n) is 8.71. The van der Waals surface area contributed by atoms with Crippen molar-refractivity contribution >= 4 is 23.5 Å². The number of hydrogen-bond donors (Lipinski definition) is 0. The maximum Gasteiger partial charge on any atom is 0.338 e. The highest BCUT2D eigenvalue weighted by Gasteiger charge is 2.42. The largest absolute Gasteiger partial charge is 0.462 e. The number of hydrogen-bond acceptors (Lipinski definition) is 4. The molecule has 1 heterocycles. The van der Waals surface area contributed by atoms with Crippen molar-refractivity contribution in [2.45, 2.75) is 26.2 Å². The lowest BCUT2D eigenvalue weighted by molar-refractivity contribution is -0.122. The maximum atomic E-state index is 12.9. The summed E-state index contributed by atoms with van der Waals surface area (Å²) in [5, 5.41) is 0. The van der Waals surface area contributed by atoms with Crippen LogP contribution in [-0.2, 0) is 14.3 Å². The van der Waals surface area contributed by atoms with Crippen LogP contribution in [0.1, 0.15) is 42.1 Å². The first-order valence-corrected chi connectivity index (χ1v) is 8.71. The molecule has 0 aromatic heterocycles. The molecule has 0 spiro atoms. The smallest absolute Gasteiger partial charge is 0.338 e. The predicted octanol–water partition coefficient (Wildman–Crippen LogP) is 3.55. The molecule has 0 N–H and O–H groups in total. The Morgan fingerprint density at radius 2 is 1.77 bits per heavy atom. The summed E-state index contributed by atoms with van der Waals surface area (Å²) in [4.78, 5) is 38.3. The first kappa shape index (κ1) is 17.9. The number of carbonyl (C=O) groups is 3. The number of ether oxygens (including phenoxy) is 1. The lowest BCUT2D eigenvalue weighted by Gasteiger charge is -2.19. The van der Waals surface area contributed by atoms with Gasteiger partial charge in [-0.3, -0.25) is 14.5 Å². The molecule has 0 aliphatic carbocycles. The monoisotopic (exact) mass is 351 g/mol. The van der Waals surface area contributed by atoms with E-state index in [0.717, 1.165) is 5.56 Å². The zero-order chi connectivity index (χ0) is 18.7. The van der Waals surface area contributed by atoms with Crippen LogP contribution in [0, 0.1) is 5.92 Å². The summed E-state index contributed by atoms with van der Waals surface area (Å²) in [6, 6.07) is 16.1. The molecule has 2 aromatic rings. The molecule has 1 saturated heterocycles. The summed E-state index contributed by atoms with van der Waals surface area (Å²) < 4.78 is 4.95. The van der Waals surface area contributed by atoms with Gasteiger partial charge in [0.1, 0.15) is 0 Å². The number of carbonyl (C=O) groups excluding carboxylic acids is 3. The number of rotatable bonds is 5. The number of anilines is 1. The van der Waals surface area contributed by atoms with Crippen molar-refractivity contribution in [1.82, 2.24) is 0 Å². The van der Waals surface area contributed by atoms with Crippen LogP contribution in [0.2, 0.25) is 0 Å². The molecule has 1 aliphatic heterocycles. The normalized spacial score (nSPS) is 18.1. The van der Waals surface area contributed by atoms with Gasteiger partial charge in [0.2, 0.25) is 11.8 Å². The fourth-order valence-corrected chi connectivity index (χ4v) is 3.27. The van der Waals surface area contributed by atoms with Gasteiger partial charge in [0.05, 0.1) is 23.8 Å². The zero-order valence-corrected chi connectivity index (χ0v) is 14.8. The van der Waals surface area contributed by atoms with Crippen molar-refractivity contribution in [2.75, 3.05) is 11.5 Å². The second-order valence-electron chi connectivity index (χ2n) is 6.34. The number of amides is 2. The summed E-state index contributed by atoms with van der Waals surface area (Å²) in [6.07, 6.45) is 0.189. The topological polar surface area (TPSA) is 63.7 Å². The van der Waals surface area contributed by atoms with Crippen LogP contribution in [0.3, 0.4) is 0 Å². The average Bonchev–Trinajstić information content (AvgIpc) is 2.96. The highest BCUT2D eigenvalue weighted by molar-refractivity contribution is 6.21. The quantitative estimate of drug-likeness (QED) is 0.610. The fourth-order valence-electron chi connectivity index (χ4n) is 3.27. The predicted molar refractivity (Wildman–Crippen MR) is 97.9 cm³/mol. The van der Waals surface area contributed by atoms with Gasteiger partial charge in [0.15, 0.2) is 0 Å². The molecule has 2 atom stereocenters. The van der Waals surface area contributed by atoms with E-state index >= 15 is 0 Å². The Balaban J connectivity index is 1.80. The summed E-state index contributed by atoms with van der Waals surface area (Å²) in [7, 11) is 0. The van der Waals surface area contributed by atoms with Crippen molar-refractivity contribution < 1.29 is 19.1 Å². The number of benzene rings is 2. The molecule has 134 valence electrons. The van der Waals surface area contributed by atoms with E-state index < -0.39 is 5.97 Å². The van der Waals surface area contributed by atoms with Gasteiger partial charge in [0, 0.05) is 6.42 Å². The molecule has 2 aromatic carbocycles. The number of nitrogens with zero attached hydrogens (tertiary/aromatic N) is 1. The Morgan fingerprint density at radius 3 is 2.38 bits per heavy atom. The molecule has 1 fully saturated rings.